The van der Waals surface area contributed by atoms with Gasteiger partial charge in [0.25, 0.3) is 0 Å². The molecule has 0 bridgehead atoms. The number of nitrogens with zero attached hydrogens (tertiary/aromatic N) is 2. The zero-order valence-electron chi connectivity index (χ0n) is 10.5. The highest BCUT2D eigenvalue weighted by Crippen LogP contribution is 2.21. The van der Waals surface area contributed by atoms with Crippen molar-refractivity contribution in [2.45, 2.75) is 6.54 Å². The van der Waals surface area contributed by atoms with Crippen LogP contribution in [0.2, 0.25) is 5.02 Å². The van der Waals surface area contributed by atoms with E-state index in [0.29, 0.717) is 17.3 Å². The Morgan fingerprint density at radius 2 is 2.10 bits per heavy atom. The third-order valence-electron chi connectivity index (χ3n) is 3.09. The molecule has 0 aliphatic carbocycles. The molecule has 5 heteroatoms. The summed E-state index contributed by atoms with van der Waals surface area (Å²) in [5.41, 5.74) is 1.80. The number of hydrogen-bond acceptors (Lipinski definition) is 2. The van der Waals surface area contributed by atoms with Crippen LogP contribution in [0.4, 0.5) is 0 Å². The van der Waals surface area contributed by atoms with Crippen molar-refractivity contribution >= 4 is 28.5 Å². The van der Waals surface area contributed by atoms with E-state index in [1.807, 2.05) is 41.1 Å². The molecule has 4 nitrogen and oxygen atoms in total. The van der Waals surface area contributed by atoms with Gasteiger partial charge < -0.3 is 9.67 Å². The van der Waals surface area contributed by atoms with Gasteiger partial charge in [-0.2, -0.15) is 0 Å². The first-order valence-electron chi connectivity index (χ1n) is 6.07. The number of carbonyl (C=O) groups is 1. The highest BCUT2D eigenvalue weighted by Gasteiger charge is 2.07. The van der Waals surface area contributed by atoms with Crippen molar-refractivity contribution in [3.05, 3.63) is 65.1 Å². The molecular formula is C15H11ClN2O2. The van der Waals surface area contributed by atoms with Crippen molar-refractivity contribution in [1.29, 1.82) is 0 Å². The predicted molar refractivity (Wildman–Crippen MR) is 77.2 cm³/mol. The molecule has 0 unspecified atom stereocenters. The lowest BCUT2D eigenvalue weighted by molar-refractivity contribution is 0.0690. The van der Waals surface area contributed by atoms with Crippen molar-refractivity contribution in [3.63, 3.8) is 0 Å². The second-order valence-electron chi connectivity index (χ2n) is 4.47. The molecule has 0 saturated heterocycles. The van der Waals surface area contributed by atoms with Gasteiger partial charge in [-0.05, 0) is 36.4 Å². The third kappa shape index (κ3) is 2.38. The summed E-state index contributed by atoms with van der Waals surface area (Å²) in [5.74, 6) is -1.02. The molecule has 0 saturated carbocycles. The highest BCUT2D eigenvalue weighted by atomic mass is 35.5. The quantitative estimate of drug-likeness (QED) is 0.802. The summed E-state index contributed by atoms with van der Waals surface area (Å²) in [6.45, 7) is 0.520. The fraction of sp³-hybridized carbons (Fsp3) is 0.0667. The lowest BCUT2D eigenvalue weighted by Crippen LogP contribution is -2.05. The SMILES string of the molecule is O=C(O)c1cccc(Cn2ccc3cc(Cl)ccc32)n1. The molecule has 1 N–H and O–H groups in total. The Balaban J connectivity index is 1.97. The van der Waals surface area contributed by atoms with E-state index in [-0.39, 0.29) is 5.69 Å². The minimum Gasteiger partial charge on any atom is -0.477 e. The van der Waals surface area contributed by atoms with Gasteiger partial charge in [-0.15, -0.1) is 0 Å². The number of fused-ring (bicyclic) bond motifs is 1. The zero-order chi connectivity index (χ0) is 14.1. The first kappa shape index (κ1) is 12.7. The van der Waals surface area contributed by atoms with Crippen molar-refractivity contribution in [3.8, 4) is 0 Å². The van der Waals surface area contributed by atoms with Crippen molar-refractivity contribution in [2.24, 2.45) is 0 Å². The second-order valence-corrected chi connectivity index (χ2v) is 4.90. The molecule has 100 valence electrons. The third-order valence-corrected chi connectivity index (χ3v) is 3.33. The molecule has 1 aromatic carbocycles. The number of hydrogen-bond donors (Lipinski definition) is 1. The van der Waals surface area contributed by atoms with Gasteiger partial charge in [0.1, 0.15) is 5.69 Å². The number of rotatable bonds is 3. The van der Waals surface area contributed by atoms with Gasteiger partial charge in [-0.25, -0.2) is 9.78 Å². The molecule has 3 rings (SSSR count). The lowest BCUT2D eigenvalue weighted by atomic mass is 10.2. The van der Waals surface area contributed by atoms with E-state index in [1.165, 1.54) is 6.07 Å². The summed E-state index contributed by atoms with van der Waals surface area (Å²) in [5, 5.41) is 10.7. The van der Waals surface area contributed by atoms with Crippen LogP contribution < -0.4 is 0 Å². The zero-order valence-corrected chi connectivity index (χ0v) is 11.2. The first-order chi connectivity index (χ1) is 9.63. The number of aromatic carboxylic acids is 1. The predicted octanol–water partition coefficient (Wildman–Crippen LogP) is 3.44. The number of halogens is 1. The Hall–Kier alpha value is -2.33. The molecule has 0 aliphatic heterocycles. The van der Waals surface area contributed by atoms with E-state index in [9.17, 15) is 4.79 Å². The topological polar surface area (TPSA) is 55.1 Å². The molecule has 0 aliphatic rings. The highest BCUT2D eigenvalue weighted by molar-refractivity contribution is 6.31. The van der Waals surface area contributed by atoms with E-state index in [0.717, 1.165) is 10.9 Å². The monoisotopic (exact) mass is 286 g/mol. The van der Waals surface area contributed by atoms with E-state index < -0.39 is 5.97 Å². The summed E-state index contributed by atoms with van der Waals surface area (Å²) in [7, 11) is 0. The van der Waals surface area contributed by atoms with E-state index in [4.69, 9.17) is 16.7 Å². The Morgan fingerprint density at radius 1 is 1.25 bits per heavy atom. The fourth-order valence-corrected chi connectivity index (χ4v) is 2.35. The number of carboxylic acids is 1. The molecule has 0 fully saturated rings. The van der Waals surface area contributed by atoms with Crippen LogP contribution in [0.15, 0.2) is 48.7 Å². The lowest BCUT2D eigenvalue weighted by Gasteiger charge is -2.06. The molecular weight excluding hydrogens is 276 g/mol. The Kier molecular flexibility index (Phi) is 3.16. The summed E-state index contributed by atoms with van der Waals surface area (Å²) in [6, 6.07) is 12.7. The molecule has 0 amide bonds. The minimum atomic E-state index is -1.02. The van der Waals surface area contributed by atoms with Crippen LogP contribution in [0.25, 0.3) is 10.9 Å². The van der Waals surface area contributed by atoms with Gasteiger partial charge in [0, 0.05) is 22.1 Å². The summed E-state index contributed by atoms with van der Waals surface area (Å²) in [6.07, 6.45) is 1.94. The average Bonchev–Trinajstić information content (AvgIpc) is 2.81. The van der Waals surface area contributed by atoms with Crippen molar-refractivity contribution in [2.75, 3.05) is 0 Å². The summed E-state index contributed by atoms with van der Waals surface area (Å²) in [4.78, 5) is 15.0. The molecule has 2 aromatic heterocycles. The second kappa shape index (κ2) is 4.98. The molecule has 0 radical (unpaired) electrons. The van der Waals surface area contributed by atoms with Gasteiger partial charge in [0.05, 0.1) is 12.2 Å². The van der Waals surface area contributed by atoms with Gasteiger partial charge in [0.2, 0.25) is 0 Å². The van der Waals surface area contributed by atoms with Gasteiger partial charge in [-0.3, -0.25) is 0 Å². The maximum absolute atomic E-state index is 10.9. The molecule has 0 atom stereocenters. The van der Waals surface area contributed by atoms with Crippen LogP contribution >= 0.6 is 11.6 Å². The molecule has 3 aromatic rings. The molecule has 0 spiro atoms. The van der Waals surface area contributed by atoms with Crippen molar-refractivity contribution in [1.82, 2.24) is 9.55 Å². The van der Waals surface area contributed by atoms with E-state index in [1.54, 1.807) is 6.07 Å². The van der Waals surface area contributed by atoms with Crippen LogP contribution in [0.5, 0.6) is 0 Å². The normalized spacial score (nSPS) is 10.8. The summed E-state index contributed by atoms with van der Waals surface area (Å²) < 4.78 is 2.01. The maximum atomic E-state index is 10.9. The Labute approximate surface area is 120 Å². The Morgan fingerprint density at radius 3 is 2.90 bits per heavy atom. The van der Waals surface area contributed by atoms with Crippen LogP contribution in [0.1, 0.15) is 16.2 Å². The van der Waals surface area contributed by atoms with E-state index in [2.05, 4.69) is 4.98 Å². The maximum Gasteiger partial charge on any atom is 0.354 e. The number of aromatic nitrogens is 2. The van der Waals surface area contributed by atoms with Gasteiger partial charge in [-0.1, -0.05) is 17.7 Å². The molecule has 20 heavy (non-hydrogen) atoms. The largest absolute Gasteiger partial charge is 0.477 e. The van der Waals surface area contributed by atoms with Crippen molar-refractivity contribution < 1.29 is 9.90 Å². The van der Waals surface area contributed by atoms with Gasteiger partial charge in [0.15, 0.2) is 0 Å². The number of carboxylic acid groups (broad SMARTS) is 1. The van der Waals surface area contributed by atoms with Gasteiger partial charge >= 0.3 is 5.97 Å². The fourth-order valence-electron chi connectivity index (χ4n) is 2.17. The van der Waals surface area contributed by atoms with Crippen LogP contribution in [0.3, 0.4) is 0 Å². The standard InChI is InChI=1S/C15H11ClN2O2/c16-11-4-5-14-10(8-11)6-7-18(14)9-12-2-1-3-13(17-12)15(19)20/h1-8H,9H2,(H,19,20). The van der Waals surface area contributed by atoms with E-state index >= 15 is 0 Å². The minimum absolute atomic E-state index is 0.0574. The summed E-state index contributed by atoms with van der Waals surface area (Å²) >= 11 is 5.96. The first-order valence-corrected chi connectivity index (χ1v) is 6.45. The number of pyridine rings is 1. The smallest absolute Gasteiger partial charge is 0.354 e. The average molecular weight is 287 g/mol. The Bertz CT molecular complexity index is 795. The van der Waals surface area contributed by atoms with Crippen LogP contribution in [-0.2, 0) is 6.54 Å². The van der Waals surface area contributed by atoms with Crippen LogP contribution in [0, 0.1) is 0 Å². The van der Waals surface area contributed by atoms with Crippen LogP contribution in [-0.4, -0.2) is 20.6 Å². The molecule has 2 heterocycles. The number of benzene rings is 1.